The third-order valence-corrected chi connectivity index (χ3v) is 2.64. The first kappa shape index (κ1) is 13.1. The van der Waals surface area contributed by atoms with Crippen LogP contribution in [0.1, 0.15) is 10.5 Å². The van der Waals surface area contributed by atoms with Gasteiger partial charge in [-0.2, -0.15) is 5.10 Å². The van der Waals surface area contributed by atoms with Gasteiger partial charge in [-0.25, -0.2) is 4.79 Å². The van der Waals surface area contributed by atoms with Gasteiger partial charge in [0.15, 0.2) is 10.8 Å². The minimum absolute atomic E-state index is 0.0866. The second-order valence-electron chi connectivity index (χ2n) is 3.62. The Hall–Kier alpha value is -2.35. The van der Waals surface area contributed by atoms with E-state index in [9.17, 15) is 4.79 Å². The summed E-state index contributed by atoms with van der Waals surface area (Å²) in [7, 11) is 2.80. The number of fused-ring (bicyclic) bond motifs is 1. The second-order valence-corrected chi connectivity index (χ2v) is 4.06. The van der Waals surface area contributed by atoms with Gasteiger partial charge < -0.3 is 20.5 Å². The summed E-state index contributed by atoms with van der Waals surface area (Å²) >= 11 is 4.80. The molecule has 0 amide bonds. The van der Waals surface area contributed by atoms with Crippen molar-refractivity contribution in [2.75, 3.05) is 19.5 Å². The molecule has 0 bridgehead atoms. The summed E-state index contributed by atoms with van der Waals surface area (Å²) in [6.07, 6.45) is 0. The number of H-pyrrole nitrogens is 1. The molecule has 1 aromatic carbocycles. The van der Waals surface area contributed by atoms with Gasteiger partial charge in [0.1, 0.15) is 11.3 Å². The molecule has 0 saturated heterocycles. The monoisotopic (exact) mass is 280 g/mol. The molecule has 0 atom stereocenters. The fourth-order valence-corrected chi connectivity index (χ4v) is 1.87. The molecular formula is C11H12N4O3S. The number of thiocarbonyl (C=S) groups is 1. The molecule has 19 heavy (non-hydrogen) atoms. The molecule has 1 aromatic heterocycles. The highest BCUT2D eigenvalue weighted by Crippen LogP contribution is 2.32. The van der Waals surface area contributed by atoms with Crippen LogP contribution in [0.2, 0.25) is 0 Å². The topological polar surface area (TPSA) is 102 Å². The van der Waals surface area contributed by atoms with Crippen LogP contribution in [0.4, 0.5) is 5.69 Å². The van der Waals surface area contributed by atoms with Crippen LogP contribution in [0.25, 0.3) is 10.9 Å². The molecular weight excluding hydrogens is 268 g/mol. The third kappa shape index (κ3) is 2.29. The molecule has 2 rings (SSSR count). The Balaban J connectivity index is 2.71. The van der Waals surface area contributed by atoms with E-state index >= 15 is 0 Å². The molecule has 0 spiro atoms. The van der Waals surface area contributed by atoms with Gasteiger partial charge in [0, 0.05) is 0 Å². The molecule has 8 heteroatoms. The number of hydrogen-bond donors (Lipinski definition) is 3. The van der Waals surface area contributed by atoms with E-state index in [0.717, 1.165) is 0 Å². The minimum Gasteiger partial charge on any atom is -0.494 e. The van der Waals surface area contributed by atoms with Crippen LogP contribution in [0.3, 0.4) is 0 Å². The number of hydrogen-bond acceptors (Lipinski definition) is 5. The maximum atomic E-state index is 11.7. The minimum atomic E-state index is -0.540. The fourth-order valence-electron chi connectivity index (χ4n) is 1.76. The van der Waals surface area contributed by atoms with Crippen molar-refractivity contribution in [2.45, 2.75) is 0 Å². The maximum Gasteiger partial charge on any atom is 0.356 e. The van der Waals surface area contributed by atoms with Gasteiger partial charge in [-0.15, -0.1) is 0 Å². The predicted molar refractivity (Wildman–Crippen MR) is 74.4 cm³/mol. The van der Waals surface area contributed by atoms with Crippen molar-refractivity contribution in [2.24, 2.45) is 5.73 Å². The first-order valence-corrected chi connectivity index (χ1v) is 5.69. The summed E-state index contributed by atoms with van der Waals surface area (Å²) in [6.45, 7) is 0. The highest BCUT2D eigenvalue weighted by molar-refractivity contribution is 7.80. The molecule has 0 aliphatic heterocycles. The zero-order valence-corrected chi connectivity index (χ0v) is 11.1. The number of rotatable bonds is 3. The summed E-state index contributed by atoms with van der Waals surface area (Å²) < 4.78 is 9.88. The SMILES string of the molecule is COC(=O)c1[nH]nc2c(OC)ccc(NC(N)=S)c12. The third-order valence-electron chi connectivity index (χ3n) is 2.54. The van der Waals surface area contributed by atoms with E-state index in [1.807, 2.05) is 0 Å². The first-order chi connectivity index (χ1) is 9.08. The molecule has 4 N–H and O–H groups in total. The lowest BCUT2D eigenvalue weighted by Gasteiger charge is -2.08. The van der Waals surface area contributed by atoms with Gasteiger partial charge in [-0.05, 0) is 24.4 Å². The van der Waals surface area contributed by atoms with Crippen LogP contribution in [-0.4, -0.2) is 35.5 Å². The summed E-state index contributed by atoms with van der Waals surface area (Å²) in [6, 6.07) is 3.40. The van der Waals surface area contributed by atoms with E-state index in [2.05, 4.69) is 15.5 Å². The number of carbonyl (C=O) groups is 1. The molecule has 1 heterocycles. The van der Waals surface area contributed by atoms with Gasteiger partial charge >= 0.3 is 5.97 Å². The van der Waals surface area contributed by atoms with E-state index < -0.39 is 5.97 Å². The van der Waals surface area contributed by atoms with Gasteiger partial charge in [-0.3, -0.25) is 5.10 Å². The van der Waals surface area contributed by atoms with Crippen molar-refractivity contribution in [3.8, 4) is 5.75 Å². The number of esters is 1. The number of carbonyl (C=O) groups excluding carboxylic acids is 1. The lowest BCUT2D eigenvalue weighted by Crippen LogP contribution is -2.19. The number of ether oxygens (including phenoxy) is 2. The summed E-state index contributed by atoms with van der Waals surface area (Å²) in [5.41, 5.74) is 6.70. The van der Waals surface area contributed by atoms with E-state index in [1.54, 1.807) is 12.1 Å². The predicted octanol–water partition coefficient (Wildman–Crippen LogP) is 1.01. The van der Waals surface area contributed by atoms with Crippen molar-refractivity contribution >= 4 is 39.9 Å². The lowest BCUT2D eigenvalue weighted by molar-refractivity contribution is 0.0596. The molecule has 0 radical (unpaired) electrons. The number of methoxy groups -OCH3 is 2. The van der Waals surface area contributed by atoms with E-state index in [1.165, 1.54) is 14.2 Å². The molecule has 2 aromatic rings. The number of aromatic nitrogens is 2. The average Bonchev–Trinajstić information content (AvgIpc) is 2.83. The Labute approximate surface area is 114 Å². The van der Waals surface area contributed by atoms with Crippen molar-refractivity contribution < 1.29 is 14.3 Å². The largest absolute Gasteiger partial charge is 0.494 e. The zero-order valence-electron chi connectivity index (χ0n) is 10.3. The Kier molecular flexibility index (Phi) is 3.52. The van der Waals surface area contributed by atoms with Crippen LogP contribution < -0.4 is 15.8 Å². The van der Waals surface area contributed by atoms with E-state index in [-0.39, 0.29) is 10.8 Å². The van der Waals surface area contributed by atoms with Crippen LogP contribution in [-0.2, 0) is 4.74 Å². The summed E-state index contributed by atoms with van der Waals surface area (Å²) in [4.78, 5) is 11.7. The van der Waals surface area contributed by atoms with Crippen molar-refractivity contribution in [3.05, 3.63) is 17.8 Å². The van der Waals surface area contributed by atoms with Crippen molar-refractivity contribution in [1.82, 2.24) is 10.2 Å². The number of nitrogens with one attached hydrogen (secondary N) is 2. The highest BCUT2D eigenvalue weighted by atomic mass is 32.1. The van der Waals surface area contributed by atoms with Crippen LogP contribution in [0.15, 0.2) is 12.1 Å². The first-order valence-electron chi connectivity index (χ1n) is 5.28. The Morgan fingerprint density at radius 1 is 1.47 bits per heavy atom. The van der Waals surface area contributed by atoms with Gasteiger partial charge in [-0.1, -0.05) is 0 Å². The van der Waals surface area contributed by atoms with Crippen LogP contribution >= 0.6 is 12.2 Å². The number of nitrogens with zero attached hydrogens (tertiary/aromatic N) is 1. The molecule has 7 nitrogen and oxygen atoms in total. The molecule has 0 saturated carbocycles. The van der Waals surface area contributed by atoms with Crippen LogP contribution in [0.5, 0.6) is 5.75 Å². The fraction of sp³-hybridized carbons (Fsp3) is 0.182. The quantitative estimate of drug-likeness (QED) is 0.569. The molecule has 0 aliphatic carbocycles. The highest BCUT2D eigenvalue weighted by Gasteiger charge is 2.20. The second kappa shape index (κ2) is 5.11. The standard InChI is InChI=1S/C11H12N4O3S/c1-17-6-4-3-5(13-11(12)19)7-8(6)14-15-9(7)10(16)18-2/h3-4H,1-2H3,(H,14,15)(H3,12,13,19). The normalized spacial score (nSPS) is 10.2. The van der Waals surface area contributed by atoms with E-state index in [0.29, 0.717) is 22.3 Å². The smallest absolute Gasteiger partial charge is 0.356 e. The molecule has 0 fully saturated rings. The number of anilines is 1. The van der Waals surface area contributed by atoms with Crippen molar-refractivity contribution in [3.63, 3.8) is 0 Å². The van der Waals surface area contributed by atoms with Gasteiger partial charge in [0.2, 0.25) is 0 Å². The lowest BCUT2D eigenvalue weighted by atomic mass is 10.1. The number of nitrogens with two attached hydrogens (primary N) is 1. The molecule has 0 unspecified atom stereocenters. The van der Waals surface area contributed by atoms with Gasteiger partial charge in [0.05, 0.1) is 25.3 Å². The van der Waals surface area contributed by atoms with E-state index in [4.69, 9.17) is 27.4 Å². The van der Waals surface area contributed by atoms with Crippen LogP contribution in [0, 0.1) is 0 Å². The summed E-state index contributed by atoms with van der Waals surface area (Å²) in [5, 5.41) is 10.1. The Morgan fingerprint density at radius 3 is 2.79 bits per heavy atom. The number of aromatic amines is 1. The molecule has 100 valence electrons. The Bertz CT molecular complexity index is 653. The zero-order chi connectivity index (χ0) is 14.0. The maximum absolute atomic E-state index is 11.7. The number of benzene rings is 1. The van der Waals surface area contributed by atoms with Crippen molar-refractivity contribution in [1.29, 1.82) is 0 Å². The molecule has 0 aliphatic rings. The average molecular weight is 280 g/mol. The Morgan fingerprint density at radius 2 is 2.21 bits per heavy atom. The van der Waals surface area contributed by atoms with Gasteiger partial charge in [0.25, 0.3) is 0 Å². The summed E-state index contributed by atoms with van der Waals surface area (Å²) in [5.74, 6) is -0.0170.